The zero-order valence-corrected chi connectivity index (χ0v) is 12.8. The molecule has 118 valence electrons. The van der Waals surface area contributed by atoms with E-state index < -0.39 is 5.97 Å². The highest BCUT2D eigenvalue weighted by Gasteiger charge is 2.23. The van der Waals surface area contributed by atoms with E-state index in [0.29, 0.717) is 32.2 Å². The van der Waals surface area contributed by atoms with Crippen LogP contribution in [0.3, 0.4) is 0 Å². The zero-order chi connectivity index (χ0) is 15.5. The van der Waals surface area contributed by atoms with Crippen LogP contribution in [0.1, 0.15) is 13.8 Å². The second kappa shape index (κ2) is 10.4. The van der Waals surface area contributed by atoms with Crippen molar-refractivity contribution >= 4 is 12.0 Å². The lowest BCUT2D eigenvalue weighted by Gasteiger charge is -2.30. The third kappa shape index (κ3) is 7.96. The third-order valence-electron chi connectivity index (χ3n) is 2.58. The lowest BCUT2D eigenvalue weighted by Crippen LogP contribution is -2.48. The van der Waals surface area contributed by atoms with Crippen LogP contribution in [0.5, 0.6) is 0 Å². The Bertz CT molecular complexity index is 296. The molecule has 1 N–H and O–H groups in total. The minimum absolute atomic E-state index is 0.253. The molecule has 0 rings (SSSR count). The standard InChI is InChI=1S/C13H26N2O5/c1-11(2)9-14(5-7-19-3)13(18)15(6-8-20-4)10-12(16)17/h11H,5-10H2,1-4H3,(H,16,17). The van der Waals surface area contributed by atoms with Crippen molar-refractivity contribution in [3.8, 4) is 0 Å². The van der Waals surface area contributed by atoms with Crippen molar-refractivity contribution in [3.63, 3.8) is 0 Å². The van der Waals surface area contributed by atoms with E-state index in [0.717, 1.165) is 0 Å². The molecule has 0 unspecified atom stereocenters. The third-order valence-corrected chi connectivity index (χ3v) is 2.58. The highest BCUT2D eigenvalue weighted by atomic mass is 16.5. The predicted octanol–water partition coefficient (Wildman–Crippen LogP) is 0.744. The number of hydrogen-bond acceptors (Lipinski definition) is 4. The van der Waals surface area contributed by atoms with Gasteiger partial charge in [0, 0.05) is 33.9 Å². The van der Waals surface area contributed by atoms with Crippen LogP contribution in [0.4, 0.5) is 4.79 Å². The number of nitrogens with zero attached hydrogens (tertiary/aromatic N) is 2. The molecule has 7 nitrogen and oxygen atoms in total. The van der Waals surface area contributed by atoms with Gasteiger partial charge in [-0.15, -0.1) is 0 Å². The Morgan fingerprint density at radius 2 is 1.55 bits per heavy atom. The van der Waals surface area contributed by atoms with Gasteiger partial charge in [0.15, 0.2) is 0 Å². The van der Waals surface area contributed by atoms with Gasteiger partial charge in [0.1, 0.15) is 6.54 Å². The maximum absolute atomic E-state index is 12.4. The smallest absolute Gasteiger partial charge is 0.323 e. The first-order valence-corrected chi connectivity index (χ1v) is 6.65. The van der Waals surface area contributed by atoms with Crippen LogP contribution < -0.4 is 0 Å². The van der Waals surface area contributed by atoms with Crippen molar-refractivity contribution in [2.24, 2.45) is 5.92 Å². The summed E-state index contributed by atoms with van der Waals surface area (Å²) in [4.78, 5) is 26.2. The Labute approximate surface area is 120 Å². The number of amides is 2. The van der Waals surface area contributed by atoms with Gasteiger partial charge >= 0.3 is 12.0 Å². The summed E-state index contributed by atoms with van der Waals surface area (Å²) in [5, 5.41) is 8.89. The molecule has 0 aliphatic rings. The summed E-state index contributed by atoms with van der Waals surface area (Å²) in [5.41, 5.74) is 0. The number of ether oxygens (including phenoxy) is 2. The van der Waals surface area contributed by atoms with Gasteiger partial charge in [-0.25, -0.2) is 4.79 Å². The van der Waals surface area contributed by atoms with Gasteiger partial charge in [-0.1, -0.05) is 13.8 Å². The fraction of sp³-hybridized carbons (Fsp3) is 0.846. The number of carbonyl (C=O) groups excluding carboxylic acids is 1. The maximum Gasteiger partial charge on any atom is 0.323 e. The van der Waals surface area contributed by atoms with Crippen LogP contribution in [0, 0.1) is 5.92 Å². The Morgan fingerprint density at radius 1 is 1.05 bits per heavy atom. The lowest BCUT2D eigenvalue weighted by atomic mass is 10.2. The number of rotatable bonds is 10. The van der Waals surface area contributed by atoms with Crippen LogP contribution in [0.15, 0.2) is 0 Å². The van der Waals surface area contributed by atoms with Crippen molar-refractivity contribution < 1.29 is 24.2 Å². The van der Waals surface area contributed by atoms with E-state index in [1.165, 1.54) is 12.0 Å². The molecule has 0 saturated carbocycles. The number of hydrogen-bond donors (Lipinski definition) is 1. The van der Waals surface area contributed by atoms with Crippen molar-refractivity contribution in [2.45, 2.75) is 13.8 Å². The van der Waals surface area contributed by atoms with E-state index in [2.05, 4.69) is 0 Å². The molecule has 0 heterocycles. The summed E-state index contributed by atoms with van der Waals surface area (Å²) < 4.78 is 9.91. The van der Waals surface area contributed by atoms with E-state index in [9.17, 15) is 9.59 Å². The SMILES string of the molecule is COCCN(CC(=O)O)C(=O)N(CCOC)CC(C)C. The van der Waals surface area contributed by atoms with Gasteiger partial charge in [0.25, 0.3) is 0 Å². The fourth-order valence-electron chi connectivity index (χ4n) is 1.71. The molecule has 0 aliphatic heterocycles. The number of carboxylic acid groups (broad SMARTS) is 1. The van der Waals surface area contributed by atoms with Crippen LogP contribution in [-0.2, 0) is 14.3 Å². The van der Waals surface area contributed by atoms with Gasteiger partial charge in [-0.2, -0.15) is 0 Å². The van der Waals surface area contributed by atoms with Crippen molar-refractivity contribution in [2.75, 3.05) is 53.6 Å². The number of aliphatic carboxylic acids is 1. The van der Waals surface area contributed by atoms with Crippen LogP contribution in [-0.4, -0.2) is 80.5 Å². The molecule has 0 spiro atoms. The number of methoxy groups -OCH3 is 2. The topological polar surface area (TPSA) is 79.3 Å². The van der Waals surface area contributed by atoms with Crippen LogP contribution >= 0.6 is 0 Å². The van der Waals surface area contributed by atoms with Gasteiger partial charge < -0.3 is 24.4 Å². The quantitative estimate of drug-likeness (QED) is 0.642. The molecule has 0 aromatic carbocycles. The summed E-state index contributed by atoms with van der Waals surface area (Å²) in [6.45, 7) is 5.66. The molecule has 0 aliphatic carbocycles. The molecule has 0 aromatic heterocycles. The fourth-order valence-corrected chi connectivity index (χ4v) is 1.71. The molecule has 0 atom stereocenters. The Balaban J connectivity index is 4.76. The van der Waals surface area contributed by atoms with E-state index >= 15 is 0 Å². The molecule has 7 heteroatoms. The Hall–Kier alpha value is -1.34. The number of carbonyl (C=O) groups is 2. The van der Waals surface area contributed by atoms with E-state index in [-0.39, 0.29) is 19.1 Å². The first-order valence-electron chi connectivity index (χ1n) is 6.65. The molecular formula is C13H26N2O5. The number of urea groups is 1. The van der Waals surface area contributed by atoms with Gasteiger partial charge in [-0.05, 0) is 5.92 Å². The molecule has 2 amide bonds. The highest BCUT2D eigenvalue weighted by Crippen LogP contribution is 2.04. The molecular weight excluding hydrogens is 264 g/mol. The van der Waals surface area contributed by atoms with E-state index in [1.807, 2.05) is 13.8 Å². The summed E-state index contributed by atoms with van der Waals surface area (Å²) in [6, 6.07) is -0.296. The maximum atomic E-state index is 12.4. The van der Waals surface area contributed by atoms with Crippen LogP contribution in [0.25, 0.3) is 0 Å². The molecule has 0 fully saturated rings. The van der Waals surface area contributed by atoms with Gasteiger partial charge in [-0.3, -0.25) is 4.79 Å². The van der Waals surface area contributed by atoms with Gasteiger partial charge in [0.05, 0.1) is 13.2 Å². The summed E-state index contributed by atoms with van der Waals surface area (Å²) in [7, 11) is 3.08. The Kier molecular flexibility index (Phi) is 9.75. The molecule has 0 radical (unpaired) electrons. The van der Waals surface area contributed by atoms with Crippen molar-refractivity contribution in [1.29, 1.82) is 0 Å². The van der Waals surface area contributed by atoms with Crippen LogP contribution in [0.2, 0.25) is 0 Å². The predicted molar refractivity (Wildman–Crippen MR) is 74.8 cm³/mol. The van der Waals surface area contributed by atoms with E-state index in [1.54, 1.807) is 12.0 Å². The summed E-state index contributed by atoms with van der Waals surface area (Å²) in [5.74, 6) is -0.740. The minimum Gasteiger partial charge on any atom is -0.480 e. The monoisotopic (exact) mass is 290 g/mol. The van der Waals surface area contributed by atoms with Crippen molar-refractivity contribution in [3.05, 3.63) is 0 Å². The zero-order valence-electron chi connectivity index (χ0n) is 12.8. The first-order chi connectivity index (χ1) is 9.42. The normalized spacial score (nSPS) is 10.7. The summed E-state index contributed by atoms with van der Waals surface area (Å²) >= 11 is 0. The Morgan fingerprint density at radius 3 is 1.95 bits per heavy atom. The first kappa shape index (κ1) is 18.7. The van der Waals surface area contributed by atoms with E-state index in [4.69, 9.17) is 14.6 Å². The lowest BCUT2D eigenvalue weighted by molar-refractivity contribution is -0.137. The highest BCUT2D eigenvalue weighted by molar-refractivity contribution is 5.80. The number of carboxylic acids is 1. The average Bonchev–Trinajstić information content (AvgIpc) is 2.37. The molecule has 0 bridgehead atoms. The van der Waals surface area contributed by atoms with Crippen molar-refractivity contribution in [1.82, 2.24) is 9.80 Å². The molecule has 0 saturated heterocycles. The molecule has 20 heavy (non-hydrogen) atoms. The average molecular weight is 290 g/mol. The minimum atomic E-state index is -1.04. The largest absolute Gasteiger partial charge is 0.480 e. The molecule has 0 aromatic rings. The van der Waals surface area contributed by atoms with Gasteiger partial charge in [0.2, 0.25) is 0 Å². The second-order valence-electron chi connectivity index (χ2n) is 4.92. The summed E-state index contributed by atoms with van der Waals surface area (Å²) in [6.07, 6.45) is 0. The second-order valence-corrected chi connectivity index (χ2v) is 4.92.